The molecule has 1 unspecified atom stereocenters. The number of sulfonamides is 1. The molecule has 1 aromatic rings. The Morgan fingerprint density at radius 3 is 2.85 bits per heavy atom. The number of hydrogen-bond acceptors (Lipinski definition) is 5. The lowest BCUT2D eigenvalue weighted by molar-refractivity contribution is 0.227. The van der Waals surface area contributed by atoms with Gasteiger partial charge in [0, 0.05) is 20.1 Å². The summed E-state index contributed by atoms with van der Waals surface area (Å²) in [5.41, 5.74) is 0. The number of likely N-dealkylation sites (tertiary alicyclic amines) is 1. The van der Waals surface area contributed by atoms with E-state index in [-0.39, 0.29) is 5.75 Å². The highest BCUT2D eigenvalue weighted by Crippen LogP contribution is 2.18. The maximum atomic E-state index is 11.7. The van der Waals surface area contributed by atoms with Crippen LogP contribution in [-0.2, 0) is 16.6 Å². The number of nitrogens with zero attached hydrogens (tertiary/aromatic N) is 5. The summed E-state index contributed by atoms with van der Waals surface area (Å²) in [5, 5.41) is 4.13. The number of aromatic nitrogens is 3. The monoisotopic (exact) mass is 301 g/mol. The van der Waals surface area contributed by atoms with Gasteiger partial charge in [0.05, 0.1) is 12.3 Å². The largest absolute Gasteiger partial charge is 0.299 e. The van der Waals surface area contributed by atoms with E-state index in [9.17, 15) is 8.42 Å². The van der Waals surface area contributed by atoms with Crippen molar-refractivity contribution in [2.24, 2.45) is 0 Å². The molecule has 0 bridgehead atoms. The summed E-state index contributed by atoms with van der Waals surface area (Å²) in [6, 6.07) is 0.443. The first-order chi connectivity index (χ1) is 9.49. The molecule has 1 atom stereocenters. The lowest BCUT2D eigenvalue weighted by atomic mass is 10.2. The first-order valence-electron chi connectivity index (χ1n) is 6.96. The first kappa shape index (κ1) is 15.4. The molecule has 0 amide bonds. The average molecular weight is 301 g/mol. The van der Waals surface area contributed by atoms with Crippen molar-refractivity contribution in [2.45, 2.75) is 31.8 Å². The maximum Gasteiger partial charge on any atom is 0.213 e. The van der Waals surface area contributed by atoms with Gasteiger partial charge in [-0.05, 0) is 32.4 Å². The Morgan fingerprint density at radius 2 is 2.20 bits per heavy atom. The molecule has 2 heterocycles. The molecule has 0 aliphatic carbocycles. The Hall–Kier alpha value is -0.990. The number of hydrogen-bond donors (Lipinski definition) is 0. The smallest absolute Gasteiger partial charge is 0.213 e. The molecule has 0 spiro atoms. The van der Waals surface area contributed by atoms with Gasteiger partial charge in [0.25, 0.3) is 0 Å². The van der Waals surface area contributed by atoms with Crippen molar-refractivity contribution in [1.29, 1.82) is 0 Å². The highest BCUT2D eigenvalue weighted by Gasteiger charge is 2.25. The van der Waals surface area contributed by atoms with Gasteiger partial charge in [-0.25, -0.2) is 17.7 Å². The molecular formula is C12H23N5O2S. The van der Waals surface area contributed by atoms with Crippen LogP contribution >= 0.6 is 0 Å². The molecule has 1 aliphatic rings. The second-order valence-electron chi connectivity index (χ2n) is 5.40. The molecule has 0 N–H and O–H groups in total. The topological polar surface area (TPSA) is 71.3 Å². The molecule has 1 fully saturated rings. The summed E-state index contributed by atoms with van der Waals surface area (Å²) < 4.78 is 26.6. The van der Waals surface area contributed by atoms with E-state index in [0.29, 0.717) is 12.5 Å². The zero-order valence-electron chi connectivity index (χ0n) is 12.1. The molecule has 1 aliphatic heterocycles. The van der Waals surface area contributed by atoms with Crippen LogP contribution in [-0.4, -0.2) is 71.4 Å². The van der Waals surface area contributed by atoms with Crippen LogP contribution in [0.5, 0.6) is 0 Å². The van der Waals surface area contributed by atoms with E-state index >= 15 is 0 Å². The molecule has 7 nitrogen and oxygen atoms in total. The van der Waals surface area contributed by atoms with Gasteiger partial charge in [-0.2, -0.15) is 5.10 Å². The molecule has 0 radical (unpaired) electrons. The Bertz CT molecular complexity index is 500. The van der Waals surface area contributed by atoms with Gasteiger partial charge >= 0.3 is 0 Å². The minimum atomic E-state index is -3.08. The summed E-state index contributed by atoms with van der Waals surface area (Å²) in [5.74, 6) is 0.215. The second kappa shape index (κ2) is 6.64. The molecule has 0 saturated carbocycles. The summed E-state index contributed by atoms with van der Waals surface area (Å²) in [6.07, 6.45) is 6.25. The fourth-order valence-electron chi connectivity index (χ4n) is 2.57. The summed E-state index contributed by atoms with van der Waals surface area (Å²) in [4.78, 5) is 6.32. The standard InChI is InChI=1S/C12H23N5O2S/c1-15(2)20(18,19)8-4-7-16-6-3-5-12(16)9-17-11-13-10-14-17/h10-12H,3-9H2,1-2H3. The van der Waals surface area contributed by atoms with Gasteiger partial charge in [-0.15, -0.1) is 0 Å². The molecule has 8 heteroatoms. The average Bonchev–Trinajstić information content (AvgIpc) is 3.02. The molecule has 114 valence electrons. The van der Waals surface area contributed by atoms with E-state index in [0.717, 1.165) is 26.1 Å². The first-order valence-corrected chi connectivity index (χ1v) is 8.56. The molecule has 20 heavy (non-hydrogen) atoms. The van der Waals surface area contributed by atoms with Crippen molar-refractivity contribution in [2.75, 3.05) is 32.9 Å². The van der Waals surface area contributed by atoms with Crippen LogP contribution in [0, 0.1) is 0 Å². The third-order valence-electron chi connectivity index (χ3n) is 3.77. The Kier molecular flexibility index (Phi) is 5.11. The van der Waals surface area contributed by atoms with E-state index in [1.54, 1.807) is 26.7 Å². The normalized spacial score (nSPS) is 20.9. The lowest BCUT2D eigenvalue weighted by Crippen LogP contribution is -2.35. The van der Waals surface area contributed by atoms with Crippen LogP contribution in [0.25, 0.3) is 0 Å². The van der Waals surface area contributed by atoms with E-state index in [2.05, 4.69) is 15.0 Å². The van der Waals surface area contributed by atoms with Crippen LogP contribution in [0.4, 0.5) is 0 Å². The molecular weight excluding hydrogens is 278 g/mol. The van der Waals surface area contributed by atoms with Gasteiger partial charge in [0.2, 0.25) is 10.0 Å². The van der Waals surface area contributed by atoms with Crippen molar-refractivity contribution in [3.63, 3.8) is 0 Å². The van der Waals surface area contributed by atoms with Gasteiger partial charge in [-0.3, -0.25) is 9.58 Å². The third-order valence-corrected chi connectivity index (χ3v) is 5.68. The summed E-state index contributed by atoms with van der Waals surface area (Å²) in [6.45, 7) is 2.70. The van der Waals surface area contributed by atoms with Crippen molar-refractivity contribution in [1.82, 2.24) is 24.0 Å². The molecule has 0 aromatic carbocycles. The molecule has 1 saturated heterocycles. The zero-order valence-corrected chi connectivity index (χ0v) is 13.0. The third kappa shape index (κ3) is 4.00. The highest BCUT2D eigenvalue weighted by atomic mass is 32.2. The fourth-order valence-corrected chi connectivity index (χ4v) is 3.43. The SMILES string of the molecule is CN(C)S(=O)(=O)CCCN1CCCC1Cn1cncn1. The van der Waals surface area contributed by atoms with Crippen LogP contribution in [0.2, 0.25) is 0 Å². The Morgan fingerprint density at radius 1 is 1.40 bits per heavy atom. The van der Waals surface area contributed by atoms with Gasteiger partial charge < -0.3 is 0 Å². The Balaban J connectivity index is 1.80. The van der Waals surface area contributed by atoms with Crippen molar-refractivity contribution >= 4 is 10.0 Å². The Labute approximate surface area is 120 Å². The van der Waals surface area contributed by atoms with Crippen molar-refractivity contribution < 1.29 is 8.42 Å². The predicted octanol–water partition coefficient (Wildman–Crippen LogP) is 0.0240. The van der Waals surface area contributed by atoms with Crippen LogP contribution in [0.3, 0.4) is 0 Å². The summed E-state index contributed by atoms with van der Waals surface area (Å²) >= 11 is 0. The van der Waals surface area contributed by atoms with E-state index in [1.807, 2.05) is 4.68 Å². The maximum absolute atomic E-state index is 11.7. The minimum absolute atomic E-state index is 0.215. The summed E-state index contributed by atoms with van der Waals surface area (Å²) in [7, 11) is 0.0859. The van der Waals surface area contributed by atoms with Crippen molar-refractivity contribution in [3.05, 3.63) is 12.7 Å². The van der Waals surface area contributed by atoms with Crippen LogP contribution in [0.1, 0.15) is 19.3 Å². The minimum Gasteiger partial charge on any atom is -0.299 e. The van der Waals surface area contributed by atoms with Crippen LogP contribution < -0.4 is 0 Å². The fraction of sp³-hybridized carbons (Fsp3) is 0.833. The van der Waals surface area contributed by atoms with Crippen LogP contribution in [0.15, 0.2) is 12.7 Å². The van der Waals surface area contributed by atoms with Gasteiger partial charge in [-0.1, -0.05) is 0 Å². The zero-order chi connectivity index (χ0) is 14.6. The highest BCUT2D eigenvalue weighted by molar-refractivity contribution is 7.89. The van der Waals surface area contributed by atoms with E-state index < -0.39 is 10.0 Å². The number of rotatable bonds is 7. The predicted molar refractivity (Wildman–Crippen MR) is 76.7 cm³/mol. The second-order valence-corrected chi connectivity index (χ2v) is 7.70. The van der Waals surface area contributed by atoms with Gasteiger partial charge in [0.1, 0.15) is 12.7 Å². The quantitative estimate of drug-likeness (QED) is 0.710. The molecule has 2 rings (SSSR count). The molecule has 1 aromatic heterocycles. The van der Waals surface area contributed by atoms with Crippen molar-refractivity contribution in [3.8, 4) is 0 Å². The van der Waals surface area contributed by atoms with E-state index in [1.165, 1.54) is 10.7 Å². The van der Waals surface area contributed by atoms with Gasteiger partial charge in [0.15, 0.2) is 0 Å². The lowest BCUT2D eigenvalue weighted by Gasteiger charge is -2.24. The van der Waals surface area contributed by atoms with E-state index in [4.69, 9.17) is 0 Å².